The summed E-state index contributed by atoms with van der Waals surface area (Å²) in [5, 5.41) is 12.8. The third kappa shape index (κ3) is 4.06. The first-order valence-electron chi connectivity index (χ1n) is 9.55. The van der Waals surface area contributed by atoms with Gasteiger partial charge in [-0.15, -0.1) is 0 Å². The largest absolute Gasteiger partial charge is 0.481 e. The van der Waals surface area contributed by atoms with Crippen molar-refractivity contribution >= 4 is 32.6 Å². The Kier molecular flexibility index (Phi) is 5.29. The first-order valence-corrected chi connectivity index (χ1v) is 11.0. The highest BCUT2D eigenvalue weighted by Gasteiger charge is 2.25. The van der Waals surface area contributed by atoms with Crippen molar-refractivity contribution in [2.45, 2.75) is 48.5 Å². The molecule has 3 aromatic rings. The summed E-state index contributed by atoms with van der Waals surface area (Å²) in [6.45, 7) is 1.90. The number of nitrogens with zero attached hydrogens (tertiary/aromatic N) is 2. The van der Waals surface area contributed by atoms with E-state index in [0.29, 0.717) is 36.1 Å². The molecule has 1 atom stereocenters. The van der Waals surface area contributed by atoms with Gasteiger partial charge in [0.2, 0.25) is 9.84 Å². The zero-order valence-corrected chi connectivity index (χ0v) is 17.1. The Labute approximate surface area is 173 Å². The smallest absolute Gasteiger partial charge is 0.307 e. The van der Waals surface area contributed by atoms with Crippen molar-refractivity contribution in [1.29, 1.82) is 0 Å². The molecule has 8 nitrogen and oxygen atoms in total. The van der Waals surface area contributed by atoms with E-state index in [-0.39, 0.29) is 16.2 Å². The number of para-hydroxylation sites is 1. The van der Waals surface area contributed by atoms with E-state index in [2.05, 4.69) is 15.1 Å². The van der Waals surface area contributed by atoms with Crippen LogP contribution in [0.1, 0.15) is 30.7 Å². The van der Waals surface area contributed by atoms with Gasteiger partial charge in [0.05, 0.1) is 27.4 Å². The Morgan fingerprint density at radius 2 is 1.97 bits per heavy atom. The second kappa shape index (κ2) is 7.91. The van der Waals surface area contributed by atoms with E-state index in [4.69, 9.17) is 9.94 Å². The molecule has 0 fully saturated rings. The quantitative estimate of drug-likeness (QED) is 0.597. The summed E-state index contributed by atoms with van der Waals surface area (Å²) >= 11 is 0. The molecule has 156 valence electrons. The Morgan fingerprint density at radius 1 is 1.20 bits per heavy atom. The van der Waals surface area contributed by atoms with E-state index in [9.17, 15) is 13.2 Å². The standard InChI is InChI=1S/C21H21N3O5S/c1-13-5-8-16(9-6-13)30(27,28)18-4-2-3-17-21(18)23-19(22-17)10-7-14-11-15(29-24-14)12-20(25)26/h2-6,8-9,15H,7,10-12H2,1H3,(H,22,23)(H,25,26)/t15-/m1/s1. The van der Waals surface area contributed by atoms with E-state index in [1.165, 1.54) is 0 Å². The molecule has 0 bridgehead atoms. The summed E-state index contributed by atoms with van der Waals surface area (Å²) in [6, 6.07) is 11.8. The van der Waals surface area contributed by atoms with Crippen LogP contribution in [0, 0.1) is 6.92 Å². The maximum absolute atomic E-state index is 13.1. The van der Waals surface area contributed by atoms with Gasteiger partial charge in [0.25, 0.3) is 0 Å². The van der Waals surface area contributed by atoms with Gasteiger partial charge >= 0.3 is 5.97 Å². The van der Waals surface area contributed by atoms with Crippen molar-refractivity contribution in [1.82, 2.24) is 9.97 Å². The van der Waals surface area contributed by atoms with Gasteiger partial charge in [-0.25, -0.2) is 13.4 Å². The lowest BCUT2D eigenvalue weighted by molar-refractivity contribution is -0.139. The second-order valence-electron chi connectivity index (χ2n) is 7.34. The van der Waals surface area contributed by atoms with E-state index in [1.54, 1.807) is 42.5 Å². The number of sulfone groups is 1. The number of carboxylic acids is 1. The van der Waals surface area contributed by atoms with Crippen LogP contribution in [0.2, 0.25) is 0 Å². The predicted octanol–water partition coefficient (Wildman–Crippen LogP) is 3.26. The van der Waals surface area contributed by atoms with Crippen molar-refractivity contribution in [2.75, 3.05) is 0 Å². The molecule has 1 aliphatic rings. The van der Waals surface area contributed by atoms with E-state index < -0.39 is 21.9 Å². The van der Waals surface area contributed by atoms with Crippen LogP contribution >= 0.6 is 0 Å². The van der Waals surface area contributed by atoms with Gasteiger partial charge < -0.3 is 14.9 Å². The molecule has 4 rings (SSSR count). The number of carboxylic acid groups (broad SMARTS) is 1. The Bertz CT molecular complexity index is 1230. The number of nitrogens with one attached hydrogen (secondary N) is 1. The van der Waals surface area contributed by atoms with Gasteiger partial charge in [-0.1, -0.05) is 28.9 Å². The number of oxime groups is 1. The number of H-pyrrole nitrogens is 1. The van der Waals surface area contributed by atoms with Crippen LogP contribution in [0.15, 0.2) is 57.4 Å². The molecule has 2 heterocycles. The molecule has 0 saturated carbocycles. The second-order valence-corrected chi connectivity index (χ2v) is 9.26. The van der Waals surface area contributed by atoms with Crippen LogP contribution < -0.4 is 0 Å². The number of aliphatic carboxylic acids is 1. The summed E-state index contributed by atoms with van der Waals surface area (Å²) in [7, 11) is -3.70. The zero-order valence-electron chi connectivity index (χ0n) is 16.3. The Morgan fingerprint density at radius 3 is 2.70 bits per heavy atom. The van der Waals surface area contributed by atoms with Gasteiger partial charge in [0.15, 0.2) is 0 Å². The molecule has 2 aromatic carbocycles. The number of aryl methyl sites for hydroxylation is 2. The molecule has 0 radical (unpaired) electrons. The van der Waals surface area contributed by atoms with Gasteiger partial charge in [-0.3, -0.25) is 4.79 Å². The zero-order chi connectivity index (χ0) is 21.3. The van der Waals surface area contributed by atoms with Crippen molar-refractivity contribution in [3.8, 4) is 0 Å². The van der Waals surface area contributed by atoms with Gasteiger partial charge in [-0.05, 0) is 37.6 Å². The van der Waals surface area contributed by atoms with Crippen LogP contribution in [0.5, 0.6) is 0 Å². The normalized spacial score (nSPS) is 16.4. The van der Waals surface area contributed by atoms with E-state index >= 15 is 0 Å². The fraction of sp³-hybridized carbons (Fsp3) is 0.286. The molecule has 1 aliphatic heterocycles. The summed E-state index contributed by atoms with van der Waals surface area (Å²) in [5.41, 5.74) is 2.81. The molecular formula is C21H21N3O5S. The summed E-state index contributed by atoms with van der Waals surface area (Å²) in [4.78, 5) is 24.0. The maximum atomic E-state index is 13.1. The SMILES string of the molecule is Cc1ccc(S(=O)(=O)c2cccc3[nH]c(CCC4=NO[C@@H](CC(=O)O)C4)nc23)cc1. The molecule has 1 aromatic heterocycles. The molecule has 0 aliphatic carbocycles. The van der Waals surface area contributed by atoms with Gasteiger partial charge in [0, 0.05) is 12.8 Å². The van der Waals surface area contributed by atoms with Crippen LogP contribution in [-0.2, 0) is 25.9 Å². The van der Waals surface area contributed by atoms with Gasteiger partial charge in [0.1, 0.15) is 17.4 Å². The van der Waals surface area contributed by atoms with E-state index in [0.717, 1.165) is 11.3 Å². The monoisotopic (exact) mass is 427 g/mol. The summed E-state index contributed by atoms with van der Waals surface area (Å²) in [5.74, 6) is -0.281. The minimum absolute atomic E-state index is 0.0854. The molecule has 2 N–H and O–H groups in total. The number of aromatic amines is 1. The number of benzene rings is 2. The highest BCUT2D eigenvalue weighted by molar-refractivity contribution is 7.91. The number of rotatable bonds is 7. The van der Waals surface area contributed by atoms with Crippen molar-refractivity contribution in [3.63, 3.8) is 0 Å². The highest BCUT2D eigenvalue weighted by Crippen LogP contribution is 2.28. The number of carbonyl (C=O) groups is 1. The molecule has 30 heavy (non-hydrogen) atoms. The lowest BCUT2D eigenvalue weighted by atomic mass is 10.1. The first kappa shape index (κ1) is 20.1. The number of imidazole rings is 1. The maximum Gasteiger partial charge on any atom is 0.307 e. The molecule has 0 unspecified atom stereocenters. The van der Waals surface area contributed by atoms with Crippen molar-refractivity contribution in [3.05, 3.63) is 53.9 Å². The van der Waals surface area contributed by atoms with Crippen molar-refractivity contribution < 1.29 is 23.2 Å². The van der Waals surface area contributed by atoms with Crippen LogP contribution in [0.25, 0.3) is 11.0 Å². The lowest BCUT2D eigenvalue weighted by Crippen LogP contribution is -2.13. The topological polar surface area (TPSA) is 122 Å². The number of hydrogen-bond donors (Lipinski definition) is 2. The molecular weight excluding hydrogens is 406 g/mol. The molecule has 0 saturated heterocycles. The average Bonchev–Trinajstić information content (AvgIpc) is 3.32. The fourth-order valence-electron chi connectivity index (χ4n) is 3.44. The Hall–Kier alpha value is -3.20. The minimum atomic E-state index is -3.70. The third-order valence-corrected chi connectivity index (χ3v) is 6.79. The van der Waals surface area contributed by atoms with Crippen LogP contribution in [0.4, 0.5) is 0 Å². The summed E-state index contributed by atoms with van der Waals surface area (Å²) < 4.78 is 26.2. The van der Waals surface area contributed by atoms with E-state index in [1.807, 2.05) is 6.92 Å². The Balaban J connectivity index is 1.54. The fourth-order valence-corrected chi connectivity index (χ4v) is 4.85. The van der Waals surface area contributed by atoms with Crippen molar-refractivity contribution in [2.24, 2.45) is 5.16 Å². The molecule has 0 amide bonds. The first-order chi connectivity index (χ1) is 14.3. The number of fused-ring (bicyclic) bond motifs is 1. The highest BCUT2D eigenvalue weighted by atomic mass is 32.2. The van der Waals surface area contributed by atoms with Crippen LogP contribution in [-0.4, -0.2) is 41.3 Å². The molecule has 0 spiro atoms. The lowest BCUT2D eigenvalue weighted by Gasteiger charge is -2.05. The van der Waals surface area contributed by atoms with Gasteiger partial charge in [-0.2, -0.15) is 0 Å². The third-order valence-electron chi connectivity index (χ3n) is 4.99. The minimum Gasteiger partial charge on any atom is -0.481 e. The van der Waals surface area contributed by atoms with Crippen LogP contribution in [0.3, 0.4) is 0 Å². The molecule has 9 heteroatoms. The average molecular weight is 427 g/mol. The summed E-state index contributed by atoms with van der Waals surface area (Å²) in [6.07, 6.45) is 1.02. The number of hydrogen-bond acceptors (Lipinski definition) is 6. The predicted molar refractivity (Wildman–Crippen MR) is 110 cm³/mol. The number of aromatic nitrogens is 2.